The van der Waals surface area contributed by atoms with E-state index < -0.39 is 5.54 Å². The molecule has 3 rings (SSSR count). The second-order valence-corrected chi connectivity index (χ2v) is 7.84. The number of hydrogen-bond acceptors (Lipinski definition) is 1. The second-order valence-electron chi connectivity index (χ2n) is 7.84. The molecule has 3 aromatic carbocycles. The highest BCUT2D eigenvalue weighted by molar-refractivity contribution is 5.76. The van der Waals surface area contributed by atoms with Crippen molar-refractivity contribution < 1.29 is 4.79 Å². The fourth-order valence-electron chi connectivity index (χ4n) is 3.35. The van der Waals surface area contributed by atoms with Crippen molar-refractivity contribution in [2.24, 2.45) is 0 Å². The number of carbonyl (C=O) groups excluding carboxylic acids is 1. The van der Waals surface area contributed by atoms with E-state index in [2.05, 4.69) is 23.3 Å². The lowest BCUT2D eigenvalue weighted by molar-refractivity contribution is 0.227. The second kappa shape index (κ2) is 8.78. The molecule has 0 aliphatic carbocycles. The minimum Gasteiger partial charge on any atom is -0.329 e. The van der Waals surface area contributed by atoms with Crippen LogP contribution in [0.3, 0.4) is 0 Å². The van der Waals surface area contributed by atoms with Gasteiger partial charge in [-0.2, -0.15) is 0 Å². The fraction of sp³-hybridized carbons (Fsp3) is 0.192. The van der Waals surface area contributed by atoms with Crippen molar-refractivity contribution in [3.63, 3.8) is 0 Å². The van der Waals surface area contributed by atoms with Crippen molar-refractivity contribution in [1.29, 1.82) is 0 Å². The maximum Gasteiger partial charge on any atom is 0.316 e. The Morgan fingerprint density at radius 2 is 1.41 bits per heavy atom. The Morgan fingerprint density at radius 3 is 1.93 bits per heavy atom. The van der Waals surface area contributed by atoms with Gasteiger partial charge in [0.15, 0.2) is 0 Å². The molecule has 0 aliphatic rings. The molecule has 0 aliphatic heterocycles. The maximum atomic E-state index is 13.0. The summed E-state index contributed by atoms with van der Waals surface area (Å²) in [6.45, 7) is 10.0. The lowest BCUT2D eigenvalue weighted by atomic mass is 9.91. The molecule has 0 unspecified atom stereocenters. The molecule has 148 valence electrons. The highest BCUT2D eigenvalue weighted by atomic mass is 16.2. The van der Waals surface area contributed by atoms with Gasteiger partial charge in [0.1, 0.15) is 0 Å². The number of nitrogens with one attached hydrogen (secondary N) is 2. The fourth-order valence-corrected chi connectivity index (χ4v) is 3.35. The first-order valence-corrected chi connectivity index (χ1v) is 9.82. The molecule has 0 aromatic heterocycles. The molecule has 3 heteroatoms. The monoisotopic (exact) mass is 384 g/mol. The molecule has 0 fully saturated rings. The Balaban J connectivity index is 1.81. The number of rotatable bonds is 6. The van der Waals surface area contributed by atoms with Crippen molar-refractivity contribution in [1.82, 2.24) is 10.6 Å². The molecule has 29 heavy (non-hydrogen) atoms. The average Bonchev–Trinajstić information content (AvgIpc) is 2.73. The van der Waals surface area contributed by atoms with E-state index >= 15 is 0 Å². The van der Waals surface area contributed by atoms with Crippen LogP contribution < -0.4 is 10.6 Å². The van der Waals surface area contributed by atoms with E-state index in [1.54, 1.807) is 0 Å². The van der Waals surface area contributed by atoms with Gasteiger partial charge in [-0.15, -0.1) is 0 Å². The van der Waals surface area contributed by atoms with Gasteiger partial charge in [-0.25, -0.2) is 4.79 Å². The van der Waals surface area contributed by atoms with Crippen LogP contribution in [0.2, 0.25) is 0 Å². The Kier molecular flexibility index (Phi) is 6.18. The number of hydrogen-bond donors (Lipinski definition) is 2. The molecule has 0 saturated heterocycles. The molecule has 3 nitrogen and oxygen atoms in total. The lowest BCUT2D eigenvalue weighted by Crippen LogP contribution is -2.47. The van der Waals surface area contributed by atoms with Crippen LogP contribution in [-0.4, -0.2) is 6.03 Å². The van der Waals surface area contributed by atoms with E-state index in [1.807, 2.05) is 99.6 Å². The van der Waals surface area contributed by atoms with Gasteiger partial charge in [-0.1, -0.05) is 91.0 Å². The first kappa shape index (κ1) is 20.4. The summed E-state index contributed by atoms with van der Waals surface area (Å²) in [6, 6.07) is 27.7. The summed E-state index contributed by atoms with van der Waals surface area (Å²) in [5.41, 5.74) is 4.65. The van der Waals surface area contributed by atoms with E-state index in [4.69, 9.17) is 0 Å². The van der Waals surface area contributed by atoms with Crippen LogP contribution in [0.25, 0.3) is 5.57 Å². The summed E-state index contributed by atoms with van der Waals surface area (Å²) < 4.78 is 0. The van der Waals surface area contributed by atoms with Gasteiger partial charge in [0.2, 0.25) is 0 Å². The highest BCUT2D eigenvalue weighted by Crippen LogP contribution is 2.25. The summed E-state index contributed by atoms with van der Waals surface area (Å²) in [5.74, 6) is 0. The summed E-state index contributed by atoms with van der Waals surface area (Å²) in [7, 11) is 0. The molecule has 0 bridgehead atoms. The average molecular weight is 385 g/mol. The quantitative estimate of drug-likeness (QED) is 0.534. The third-order valence-corrected chi connectivity index (χ3v) is 5.04. The zero-order valence-electron chi connectivity index (χ0n) is 17.3. The molecule has 2 N–H and O–H groups in total. The van der Waals surface area contributed by atoms with Gasteiger partial charge in [0, 0.05) is 0 Å². The van der Waals surface area contributed by atoms with Crippen molar-refractivity contribution in [3.05, 3.63) is 114 Å². The number of amides is 2. The van der Waals surface area contributed by atoms with Gasteiger partial charge >= 0.3 is 6.03 Å². The first-order chi connectivity index (χ1) is 13.9. The summed E-state index contributed by atoms with van der Waals surface area (Å²) >= 11 is 0. The standard InChI is InChI=1S/C26H28N2O/c1-19(2)22-16-11-17-23(18-22)26(3,4)28-25(29)27-24(20-12-7-5-8-13-20)21-14-9-6-10-15-21/h5-18,24H,1H2,2-4H3,(H2,27,28,29). The Morgan fingerprint density at radius 1 is 0.862 bits per heavy atom. The normalized spacial score (nSPS) is 11.2. The van der Waals surface area contributed by atoms with Crippen LogP contribution >= 0.6 is 0 Å². The van der Waals surface area contributed by atoms with Crippen LogP contribution in [-0.2, 0) is 5.54 Å². The number of benzene rings is 3. The van der Waals surface area contributed by atoms with Gasteiger partial charge in [-0.05, 0) is 49.1 Å². The Bertz CT molecular complexity index is 938. The minimum absolute atomic E-state index is 0.214. The largest absolute Gasteiger partial charge is 0.329 e. The first-order valence-electron chi connectivity index (χ1n) is 9.82. The Labute approximate surface area is 173 Å². The van der Waals surface area contributed by atoms with Crippen molar-refractivity contribution >= 4 is 11.6 Å². The zero-order valence-corrected chi connectivity index (χ0v) is 17.3. The topological polar surface area (TPSA) is 41.1 Å². The van der Waals surface area contributed by atoms with E-state index in [-0.39, 0.29) is 12.1 Å². The van der Waals surface area contributed by atoms with Crippen molar-refractivity contribution in [2.75, 3.05) is 0 Å². The Hall–Kier alpha value is -3.33. The third-order valence-electron chi connectivity index (χ3n) is 5.04. The molecule has 0 spiro atoms. The number of allylic oxidation sites excluding steroid dienone is 1. The number of urea groups is 1. The van der Waals surface area contributed by atoms with Crippen LogP contribution in [0.1, 0.15) is 49.1 Å². The molecule has 0 atom stereocenters. The van der Waals surface area contributed by atoms with Crippen LogP contribution in [0.4, 0.5) is 4.79 Å². The predicted molar refractivity (Wildman–Crippen MR) is 121 cm³/mol. The highest BCUT2D eigenvalue weighted by Gasteiger charge is 2.25. The van der Waals surface area contributed by atoms with Gasteiger partial charge in [0.05, 0.1) is 11.6 Å². The molecule has 3 aromatic rings. The van der Waals surface area contributed by atoms with E-state index in [1.165, 1.54) is 0 Å². The van der Waals surface area contributed by atoms with Crippen LogP contribution in [0, 0.1) is 0 Å². The third kappa shape index (κ3) is 5.14. The van der Waals surface area contributed by atoms with Crippen LogP contribution in [0.15, 0.2) is 91.5 Å². The van der Waals surface area contributed by atoms with Crippen molar-refractivity contribution in [2.45, 2.75) is 32.4 Å². The summed E-state index contributed by atoms with van der Waals surface area (Å²) in [4.78, 5) is 13.0. The van der Waals surface area contributed by atoms with Crippen LogP contribution in [0.5, 0.6) is 0 Å². The minimum atomic E-state index is -0.534. The van der Waals surface area contributed by atoms with Gasteiger partial charge < -0.3 is 10.6 Å². The zero-order chi connectivity index (χ0) is 20.9. The molecular formula is C26H28N2O. The summed E-state index contributed by atoms with van der Waals surface area (Å²) in [5, 5.41) is 6.27. The molecule has 2 amide bonds. The predicted octanol–water partition coefficient (Wildman–Crippen LogP) is 6.04. The molecule has 0 radical (unpaired) electrons. The molecular weight excluding hydrogens is 356 g/mol. The maximum absolute atomic E-state index is 13.0. The van der Waals surface area contributed by atoms with Gasteiger partial charge in [0.25, 0.3) is 0 Å². The summed E-state index contributed by atoms with van der Waals surface area (Å²) in [6.07, 6.45) is 0. The molecule has 0 heterocycles. The van der Waals surface area contributed by atoms with E-state index in [0.29, 0.717) is 0 Å². The van der Waals surface area contributed by atoms with E-state index in [0.717, 1.165) is 27.8 Å². The number of carbonyl (C=O) groups is 1. The van der Waals surface area contributed by atoms with E-state index in [9.17, 15) is 4.79 Å². The smallest absolute Gasteiger partial charge is 0.316 e. The lowest BCUT2D eigenvalue weighted by Gasteiger charge is -2.29. The van der Waals surface area contributed by atoms with Gasteiger partial charge in [-0.3, -0.25) is 0 Å². The van der Waals surface area contributed by atoms with Crippen molar-refractivity contribution in [3.8, 4) is 0 Å². The molecule has 0 saturated carbocycles. The SMILES string of the molecule is C=C(C)c1cccc(C(C)(C)NC(=O)NC(c2ccccc2)c2ccccc2)c1.